The Morgan fingerprint density at radius 2 is 1.61 bits per heavy atom. The van der Waals surface area contributed by atoms with Crippen molar-refractivity contribution in [3.63, 3.8) is 0 Å². The van der Waals surface area contributed by atoms with E-state index in [4.69, 9.17) is 4.42 Å². The second-order valence-electron chi connectivity index (χ2n) is 7.67. The van der Waals surface area contributed by atoms with Crippen molar-refractivity contribution >= 4 is 16.8 Å². The number of carbonyl (C=O) groups is 1. The molecule has 5 rings (SSSR count). The lowest BCUT2D eigenvalue weighted by Gasteiger charge is -2.15. The van der Waals surface area contributed by atoms with Gasteiger partial charge in [0, 0.05) is 23.4 Å². The molecule has 4 heteroatoms. The second kappa shape index (κ2) is 8.07. The number of rotatable bonds is 6. The van der Waals surface area contributed by atoms with E-state index in [2.05, 4.69) is 16.7 Å². The Hall–Kier alpha value is -3.92. The van der Waals surface area contributed by atoms with Crippen LogP contribution in [0.3, 0.4) is 0 Å². The summed E-state index contributed by atoms with van der Waals surface area (Å²) < 4.78 is 10.2. The number of hydrogen-bond donors (Lipinski definition) is 0. The molecule has 0 aliphatic heterocycles. The van der Waals surface area contributed by atoms with E-state index < -0.39 is 6.04 Å². The zero-order chi connectivity index (χ0) is 21.2. The molecule has 0 aliphatic rings. The molecule has 0 fully saturated rings. The van der Waals surface area contributed by atoms with E-state index in [1.165, 1.54) is 0 Å². The van der Waals surface area contributed by atoms with E-state index in [0.29, 0.717) is 12.1 Å². The van der Waals surface area contributed by atoms with Crippen molar-refractivity contribution in [2.75, 3.05) is 0 Å². The summed E-state index contributed by atoms with van der Waals surface area (Å²) >= 11 is 0. The van der Waals surface area contributed by atoms with Crippen LogP contribution in [-0.2, 0) is 6.54 Å². The fraction of sp³-hybridized carbons (Fsp3) is 0.111. The van der Waals surface area contributed by atoms with E-state index in [0.717, 1.165) is 28.1 Å². The van der Waals surface area contributed by atoms with Gasteiger partial charge in [-0.1, -0.05) is 78.9 Å². The second-order valence-corrected chi connectivity index (χ2v) is 7.67. The minimum Gasteiger partial charge on any atom is -0.457 e. The Balaban J connectivity index is 1.53. The van der Waals surface area contributed by atoms with Gasteiger partial charge in [-0.25, -0.2) is 9.13 Å². The van der Waals surface area contributed by atoms with Crippen molar-refractivity contribution in [3.05, 3.63) is 126 Å². The molecule has 0 spiro atoms. The number of imidazole rings is 1. The van der Waals surface area contributed by atoms with Crippen LogP contribution in [0.5, 0.6) is 0 Å². The maximum atomic E-state index is 13.5. The van der Waals surface area contributed by atoms with Crippen molar-refractivity contribution in [1.29, 1.82) is 0 Å². The molecule has 0 bridgehead atoms. The van der Waals surface area contributed by atoms with E-state index >= 15 is 0 Å². The van der Waals surface area contributed by atoms with Gasteiger partial charge in [0.25, 0.3) is 5.82 Å². The molecule has 0 N–H and O–H groups in total. The lowest BCUT2D eigenvalue weighted by molar-refractivity contribution is -0.695. The number of aromatic nitrogens is 2. The molecule has 2 aromatic heterocycles. The Morgan fingerprint density at radius 1 is 0.935 bits per heavy atom. The summed E-state index contributed by atoms with van der Waals surface area (Å²) in [5.41, 5.74) is 2.55. The number of Topliss-reactive ketones (excluding diaryl/α,β-unsaturated/α-hetero) is 1. The van der Waals surface area contributed by atoms with Gasteiger partial charge in [0.05, 0.1) is 0 Å². The number of nitrogens with zero attached hydrogens (tertiary/aromatic N) is 2. The average molecular weight is 407 g/mol. The highest BCUT2D eigenvalue weighted by Crippen LogP contribution is 2.25. The van der Waals surface area contributed by atoms with Gasteiger partial charge < -0.3 is 4.42 Å². The van der Waals surface area contributed by atoms with Crippen LogP contribution < -0.4 is 4.57 Å². The molecule has 0 radical (unpaired) electrons. The topological polar surface area (TPSA) is 39.0 Å². The van der Waals surface area contributed by atoms with Crippen molar-refractivity contribution in [1.82, 2.24) is 4.57 Å². The van der Waals surface area contributed by atoms with Crippen molar-refractivity contribution in [2.45, 2.75) is 19.5 Å². The Kier molecular flexibility index (Phi) is 4.97. The Labute approximate surface area is 181 Å². The zero-order valence-electron chi connectivity index (χ0n) is 17.3. The van der Waals surface area contributed by atoms with Crippen LogP contribution in [0.4, 0.5) is 0 Å². The molecule has 5 aromatic rings. The van der Waals surface area contributed by atoms with E-state index in [1.807, 2.05) is 103 Å². The van der Waals surface area contributed by atoms with E-state index in [1.54, 1.807) is 0 Å². The lowest BCUT2D eigenvalue weighted by Crippen LogP contribution is -2.37. The van der Waals surface area contributed by atoms with Crippen LogP contribution in [0, 0.1) is 6.92 Å². The fourth-order valence-corrected chi connectivity index (χ4v) is 4.07. The molecule has 31 heavy (non-hydrogen) atoms. The van der Waals surface area contributed by atoms with Crippen molar-refractivity contribution < 1.29 is 13.8 Å². The van der Waals surface area contributed by atoms with Gasteiger partial charge in [-0.2, -0.15) is 0 Å². The lowest BCUT2D eigenvalue weighted by atomic mass is 9.97. The fourth-order valence-electron chi connectivity index (χ4n) is 4.07. The van der Waals surface area contributed by atoms with Crippen LogP contribution >= 0.6 is 0 Å². The highest BCUT2D eigenvalue weighted by atomic mass is 16.3. The van der Waals surface area contributed by atoms with Gasteiger partial charge >= 0.3 is 0 Å². The van der Waals surface area contributed by atoms with Gasteiger partial charge in [0.15, 0.2) is 6.04 Å². The summed E-state index contributed by atoms with van der Waals surface area (Å²) in [6.45, 7) is 2.64. The van der Waals surface area contributed by atoms with Gasteiger partial charge in [0.1, 0.15) is 30.3 Å². The summed E-state index contributed by atoms with van der Waals surface area (Å²) in [6.07, 6.45) is 3.99. The van der Waals surface area contributed by atoms with Gasteiger partial charge in [0.2, 0.25) is 5.78 Å². The molecule has 1 unspecified atom stereocenters. The number of furan rings is 1. The van der Waals surface area contributed by atoms with E-state index in [9.17, 15) is 4.79 Å². The first-order chi connectivity index (χ1) is 15.2. The maximum absolute atomic E-state index is 13.5. The summed E-state index contributed by atoms with van der Waals surface area (Å²) in [6, 6.07) is 29.1. The monoisotopic (exact) mass is 407 g/mol. The average Bonchev–Trinajstić information content (AvgIpc) is 3.39. The normalized spacial score (nSPS) is 12.2. The number of para-hydroxylation sites is 1. The first kappa shape index (κ1) is 19.1. The number of fused-ring (bicyclic) bond motifs is 1. The Bertz CT molecular complexity index is 1300. The first-order valence-corrected chi connectivity index (χ1v) is 10.4. The zero-order valence-corrected chi connectivity index (χ0v) is 17.3. The third-order valence-corrected chi connectivity index (χ3v) is 5.70. The summed E-state index contributed by atoms with van der Waals surface area (Å²) in [5, 5.41) is 1.09. The third-order valence-electron chi connectivity index (χ3n) is 5.70. The van der Waals surface area contributed by atoms with Crippen LogP contribution in [-0.4, -0.2) is 10.4 Å². The smallest absolute Gasteiger partial charge is 0.254 e. The molecule has 0 saturated heterocycles. The van der Waals surface area contributed by atoms with Crippen molar-refractivity contribution in [3.8, 4) is 0 Å². The summed E-state index contributed by atoms with van der Waals surface area (Å²) in [7, 11) is 0. The van der Waals surface area contributed by atoms with Crippen LogP contribution in [0.15, 0.2) is 108 Å². The SMILES string of the molecule is Cc1n(C(C(=O)c2ccccc2)c2ccccc2)cc[n+]1Cc1cc2ccccc2o1. The molecule has 0 amide bonds. The third kappa shape index (κ3) is 3.68. The largest absolute Gasteiger partial charge is 0.457 e. The van der Waals surface area contributed by atoms with E-state index in [-0.39, 0.29) is 5.78 Å². The Morgan fingerprint density at radius 3 is 2.35 bits per heavy atom. The number of carbonyl (C=O) groups excluding carboxylic acids is 1. The molecule has 2 heterocycles. The standard InChI is InChI=1S/C27H23N2O2/c1-20-28(19-24-18-23-14-8-9-15-25(23)31-24)16-17-29(20)26(21-10-4-2-5-11-21)27(30)22-12-6-3-7-13-22/h2-18,26H,19H2,1H3/q+1. The van der Waals surface area contributed by atoms with Gasteiger partial charge in [-0.15, -0.1) is 0 Å². The molecule has 0 aliphatic carbocycles. The van der Waals surface area contributed by atoms with Gasteiger partial charge in [-0.3, -0.25) is 4.79 Å². The molecule has 3 aromatic carbocycles. The van der Waals surface area contributed by atoms with Gasteiger partial charge in [-0.05, 0) is 12.1 Å². The van der Waals surface area contributed by atoms with Crippen LogP contribution in [0.2, 0.25) is 0 Å². The maximum Gasteiger partial charge on any atom is 0.254 e. The number of hydrogen-bond acceptors (Lipinski definition) is 2. The highest BCUT2D eigenvalue weighted by Gasteiger charge is 2.31. The quantitative estimate of drug-likeness (QED) is 0.281. The molecule has 152 valence electrons. The van der Waals surface area contributed by atoms with Crippen molar-refractivity contribution in [2.24, 2.45) is 0 Å². The molecule has 0 saturated carbocycles. The van der Waals surface area contributed by atoms with Crippen LogP contribution in [0.25, 0.3) is 11.0 Å². The molecular weight excluding hydrogens is 384 g/mol. The summed E-state index contributed by atoms with van der Waals surface area (Å²) in [4.78, 5) is 13.5. The summed E-state index contributed by atoms with van der Waals surface area (Å²) in [5.74, 6) is 1.94. The first-order valence-electron chi connectivity index (χ1n) is 10.4. The highest BCUT2D eigenvalue weighted by molar-refractivity contribution is 6.00. The minimum atomic E-state index is -0.430. The number of benzene rings is 3. The predicted octanol–water partition coefficient (Wildman–Crippen LogP) is 5.35. The molecular formula is C27H23N2O2+. The number of ketones is 1. The van der Waals surface area contributed by atoms with Crippen LogP contribution in [0.1, 0.15) is 33.5 Å². The molecule has 4 nitrogen and oxygen atoms in total. The predicted molar refractivity (Wildman–Crippen MR) is 120 cm³/mol. The molecule has 1 atom stereocenters. The minimum absolute atomic E-state index is 0.0707.